The molecule has 1 heterocycles. The maximum atomic E-state index is 11.0. The molecule has 0 saturated carbocycles. The Morgan fingerprint density at radius 3 is 3.00 bits per heavy atom. The van der Waals surface area contributed by atoms with E-state index in [0.717, 1.165) is 6.54 Å². The van der Waals surface area contributed by atoms with Crippen LogP contribution in [0.4, 0.5) is 4.79 Å². The van der Waals surface area contributed by atoms with Crippen molar-refractivity contribution in [2.24, 2.45) is 0 Å². The van der Waals surface area contributed by atoms with Crippen LogP contribution in [0, 0.1) is 0 Å². The van der Waals surface area contributed by atoms with Gasteiger partial charge in [0.05, 0.1) is 5.75 Å². The zero-order valence-electron chi connectivity index (χ0n) is 7.15. The van der Waals surface area contributed by atoms with E-state index in [-0.39, 0.29) is 11.8 Å². The van der Waals surface area contributed by atoms with Crippen molar-refractivity contribution in [2.75, 3.05) is 31.1 Å². The van der Waals surface area contributed by atoms with Crippen LogP contribution < -0.4 is 5.32 Å². The van der Waals surface area contributed by atoms with Crippen LogP contribution in [0.25, 0.3) is 0 Å². The summed E-state index contributed by atoms with van der Waals surface area (Å²) in [4.78, 5) is 22.8. The fourth-order valence-electron chi connectivity index (χ4n) is 1.06. The Morgan fingerprint density at radius 2 is 2.46 bits per heavy atom. The molecule has 2 amide bonds. The van der Waals surface area contributed by atoms with Crippen LogP contribution in [0.2, 0.25) is 0 Å². The van der Waals surface area contributed by atoms with Crippen LogP contribution in [0.1, 0.15) is 0 Å². The summed E-state index contributed by atoms with van der Waals surface area (Å²) < 4.78 is 0. The molecule has 0 atom stereocenters. The lowest BCUT2D eigenvalue weighted by Crippen LogP contribution is -2.30. The summed E-state index contributed by atoms with van der Waals surface area (Å²) in [6, 6.07) is -0.0454. The minimum atomic E-state index is -0.809. The molecule has 5 nitrogen and oxygen atoms in total. The van der Waals surface area contributed by atoms with E-state index in [1.54, 1.807) is 4.90 Å². The highest BCUT2D eigenvalue weighted by atomic mass is 32.2. The number of aliphatic carboxylic acids is 1. The van der Waals surface area contributed by atoms with Gasteiger partial charge in [-0.3, -0.25) is 4.79 Å². The Bertz CT molecular complexity index is 210. The normalized spacial score (nSPS) is 16.0. The van der Waals surface area contributed by atoms with Gasteiger partial charge in [0, 0.05) is 25.4 Å². The van der Waals surface area contributed by atoms with E-state index < -0.39 is 5.97 Å². The third-order valence-corrected chi connectivity index (χ3v) is 2.60. The SMILES string of the molecule is O=C(O)CSCCN1CCNC1=O. The lowest BCUT2D eigenvalue weighted by atomic mass is 10.6. The van der Waals surface area contributed by atoms with E-state index in [1.165, 1.54) is 11.8 Å². The van der Waals surface area contributed by atoms with Gasteiger partial charge in [0.25, 0.3) is 0 Å². The Balaban J connectivity index is 2.05. The van der Waals surface area contributed by atoms with Crippen molar-refractivity contribution in [3.8, 4) is 0 Å². The summed E-state index contributed by atoms with van der Waals surface area (Å²) in [5.41, 5.74) is 0. The number of hydrogen-bond donors (Lipinski definition) is 2. The summed E-state index contributed by atoms with van der Waals surface area (Å²) in [6.07, 6.45) is 0. The van der Waals surface area contributed by atoms with Crippen LogP contribution in [0.15, 0.2) is 0 Å². The maximum Gasteiger partial charge on any atom is 0.317 e. The monoisotopic (exact) mass is 204 g/mol. The van der Waals surface area contributed by atoms with Crippen LogP contribution in [0.5, 0.6) is 0 Å². The Hall–Kier alpha value is -0.910. The predicted molar refractivity (Wildman–Crippen MR) is 49.9 cm³/mol. The van der Waals surface area contributed by atoms with Crippen molar-refractivity contribution in [3.05, 3.63) is 0 Å². The Morgan fingerprint density at radius 1 is 1.69 bits per heavy atom. The van der Waals surface area contributed by atoms with E-state index in [0.29, 0.717) is 18.8 Å². The minimum Gasteiger partial charge on any atom is -0.481 e. The second kappa shape index (κ2) is 4.96. The number of carbonyl (C=O) groups is 2. The summed E-state index contributed by atoms with van der Waals surface area (Å²) in [5.74, 6) is -0.0225. The number of rotatable bonds is 5. The van der Waals surface area contributed by atoms with E-state index >= 15 is 0 Å². The molecule has 0 aromatic heterocycles. The highest BCUT2D eigenvalue weighted by molar-refractivity contribution is 7.99. The minimum absolute atomic E-state index is 0.0454. The van der Waals surface area contributed by atoms with Crippen molar-refractivity contribution in [2.45, 2.75) is 0 Å². The second-order valence-electron chi connectivity index (χ2n) is 2.67. The smallest absolute Gasteiger partial charge is 0.317 e. The number of urea groups is 1. The molecule has 1 fully saturated rings. The van der Waals surface area contributed by atoms with Gasteiger partial charge in [-0.1, -0.05) is 0 Å². The second-order valence-corrected chi connectivity index (χ2v) is 3.77. The van der Waals surface area contributed by atoms with Gasteiger partial charge in [0.15, 0.2) is 0 Å². The van der Waals surface area contributed by atoms with Gasteiger partial charge in [-0.25, -0.2) is 4.79 Å². The fourth-order valence-corrected chi connectivity index (χ4v) is 1.73. The van der Waals surface area contributed by atoms with E-state index in [9.17, 15) is 9.59 Å². The Labute approximate surface area is 80.5 Å². The number of thioether (sulfide) groups is 1. The van der Waals surface area contributed by atoms with Gasteiger partial charge < -0.3 is 15.3 Å². The molecule has 2 N–H and O–H groups in total. The lowest BCUT2D eigenvalue weighted by Gasteiger charge is -2.12. The van der Waals surface area contributed by atoms with Gasteiger partial charge in [-0.2, -0.15) is 0 Å². The predicted octanol–water partition coefficient (Wildman–Crippen LogP) is -0.171. The molecule has 0 bridgehead atoms. The quantitative estimate of drug-likeness (QED) is 0.610. The molecule has 0 radical (unpaired) electrons. The zero-order valence-corrected chi connectivity index (χ0v) is 7.97. The summed E-state index contributed by atoms with van der Waals surface area (Å²) >= 11 is 1.33. The van der Waals surface area contributed by atoms with Crippen molar-refractivity contribution in [1.29, 1.82) is 0 Å². The zero-order chi connectivity index (χ0) is 9.68. The van der Waals surface area contributed by atoms with Gasteiger partial charge in [-0.15, -0.1) is 11.8 Å². The van der Waals surface area contributed by atoms with Crippen molar-refractivity contribution in [1.82, 2.24) is 10.2 Å². The highest BCUT2D eigenvalue weighted by Crippen LogP contribution is 2.03. The number of hydrogen-bond acceptors (Lipinski definition) is 3. The molecule has 1 saturated heterocycles. The van der Waals surface area contributed by atoms with Crippen molar-refractivity contribution < 1.29 is 14.7 Å². The third kappa shape index (κ3) is 3.54. The average molecular weight is 204 g/mol. The average Bonchev–Trinajstić information content (AvgIpc) is 2.45. The molecule has 1 aliphatic rings. The molecule has 0 spiro atoms. The standard InChI is InChI=1S/C7H12N2O3S/c10-6(11)5-13-4-3-9-2-1-8-7(9)12/h1-5H2,(H,8,12)(H,10,11). The molecule has 74 valence electrons. The first-order valence-corrected chi connectivity index (χ1v) is 5.18. The van der Waals surface area contributed by atoms with Gasteiger partial charge >= 0.3 is 12.0 Å². The maximum absolute atomic E-state index is 11.0. The molecule has 0 aliphatic carbocycles. The van der Waals surface area contributed by atoms with E-state index in [4.69, 9.17) is 5.11 Å². The van der Waals surface area contributed by atoms with Crippen LogP contribution in [-0.4, -0.2) is 53.1 Å². The fraction of sp³-hybridized carbons (Fsp3) is 0.714. The third-order valence-electron chi connectivity index (χ3n) is 1.68. The lowest BCUT2D eigenvalue weighted by molar-refractivity contribution is -0.133. The number of nitrogens with one attached hydrogen (secondary N) is 1. The first kappa shape index (κ1) is 10.2. The number of carboxylic acids is 1. The first-order valence-electron chi connectivity index (χ1n) is 4.02. The molecular formula is C7H12N2O3S. The molecule has 1 aliphatic heterocycles. The van der Waals surface area contributed by atoms with Crippen LogP contribution >= 0.6 is 11.8 Å². The number of nitrogens with zero attached hydrogens (tertiary/aromatic N) is 1. The number of carbonyl (C=O) groups excluding carboxylic acids is 1. The molecule has 1 rings (SSSR count). The Kier molecular flexibility index (Phi) is 3.88. The molecule has 6 heteroatoms. The summed E-state index contributed by atoms with van der Waals surface area (Å²) in [5, 5.41) is 11.0. The number of carboxylic acid groups (broad SMARTS) is 1. The van der Waals surface area contributed by atoms with Gasteiger partial charge in [0.2, 0.25) is 0 Å². The largest absolute Gasteiger partial charge is 0.481 e. The van der Waals surface area contributed by atoms with Crippen molar-refractivity contribution >= 4 is 23.8 Å². The molecule has 0 unspecified atom stereocenters. The molecule has 0 aromatic rings. The number of amides is 2. The topological polar surface area (TPSA) is 69.6 Å². The highest BCUT2D eigenvalue weighted by Gasteiger charge is 2.18. The summed E-state index contributed by atoms with van der Waals surface area (Å²) in [6.45, 7) is 2.05. The first-order chi connectivity index (χ1) is 6.20. The van der Waals surface area contributed by atoms with Crippen LogP contribution in [0.3, 0.4) is 0 Å². The molecule has 0 aromatic carbocycles. The van der Waals surface area contributed by atoms with Crippen molar-refractivity contribution in [3.63, 3.8) is 0 Å². The van der Waals surface area contributed by atoms with Gasteiger partial charge in [0.1, 0.15) is 0 Å². The van der Waals surface area contributed by atoms with Gasteiger partial charge in [-0.05, 0) is 0 Å². The van der Waals surface area contributed by atoms with Crippen LogP contribution in [-0.2, 0) is 4.79 Å². The van der Waals surface area contributed by atoms with E-state index in [2.05, 4.69) is 5.32 Å². The molecular weight excluding hydrogens is 192 g/mol. The molecule has 13 heavy (non-hydrogen) atoms. The van der Waals surface area contributed by atoms with E-state index in [1.807, 2.05) is 0 Å². The summed E-state index contributed by atoms with van der Waals surface area (Å²) in [7, 11) is 0.